The fourth-order valence-electron chi connectivity index (χ4n) is 1.20. The molecular formula is C9H12Cl2N2. The lowest BCUT2D eigenvalue weighted by Gasteiger charge is -2.14. The topological polar surface area (TPSA) is 38.0 Å². The molecule has 0 heterocycles. The lowest BCUT2D eigenvalue weighted by molar-refractivity contribution is 0.606. The average molecular weight is 219 g/mol. The third-order valence-electron chi connectivity index (χ3n) is 1.87. The molecular weight excluding hydrogens is 207 g/mol. The van der Waals surface area contributed by atoms with Gasteiger partial charge in [0.25, 0.3) is 0 Å². The molecule has 0 aromatic heterocycles. The van der Waals surface area contributed by atoms with Crippen molar-refractivity contribution < 1.29 is 0 Å². The van der Waals surface area contributed by atoms with Gasteiger partial charge in [0.05, 0.1) is 0 Å². The molecule has 0 amide bonds. The highest BCUT2D eigenvalue weighted by molar-refractivity contribution is 6.34. The van der Waals surface area contributed by atoms with Crippen LogP contribution in [0.15, 0.2) is 18.2 Å². The second kappa shape index (κ2) is 4.82. The smallest absolute Gasteiger partial charge is 0.0443 e. The first kappa shape index (κ1) is 10.8. The number of nitrogens with two attached hydrogens (primary N) is 1. The van der Waals surface area contributed by atoms with Gasteiger partial charge in [-0.2, -0.15) is 0 Å². The molecule has 1 rings (SSSR count). The number of hydrogen-bond donors (Lipinski definition) is 2. The Balaban J connectivity index is 2.99. The number of likely N-dealkylation sites (N-methyl/N-ethyl adjacent to an activating group) is 1. The van der Waals surface area contributed by atoms with Gasteiger partial charge in [0, 0.05) is 22.6 Å². The van der Waals surface area contributed by atoms with E-state index in [4.69, 9.17) is 28.9 Å². The van der Waals surface area contributed by atoms with E-state index in [2.05, 4.69) is 5.32 Å². The number of nitrogens with one attached hydrogen (secondary N) is 1. The van der Waals surface area contributed by atoms with Gasteiger partial charge in [0.2, 0.25) is 0 Å². The van der Waals surface area contributed by atoms with Gasteiger partial charge >= 0.3 is 0 Å². The molecule has 0 bridgehead atoms. The van der Waals surface area contributed by atoms with Crippen molar-refractivity contribution in [2.24, 2.45) is 5.73 Å². The summed E-state index contributed by atoms with van der Waals surface area (Å²) in [6.45, 7) is 0.521. The molecule has 1 atom stereocenters. The van der Waals surface area contributed by atoms with Crippen molar-refractivity contribution in [2.45, 2.75) is 6.04 Å². The predicted molar refractivity (Wildman–Crippen MR) is 57.3 cm³/mol. The van der Waals surface area contributed by atoms with E-state index in [0.717, 1.165) is 5.56 Å². The second-order valence-electron chi connectivity index (χ2n) is 2.78. The summed E-state index contributed by atoms with van der Waals surface area (Å²) in [4.78, 5) is 0. The predicted octanol–water partition coefficient (Wildman–Crippen LogP) is 2.21. The molecule has 0 saturated carbocycles. The summed E-state index contributed by atoms with van der Waals surface area (Å²) in [6.07, 6.45) is 0. The van der Waals surface area contributed by atoms with E-state index < -0.39 is 0 Å². The quantitative estimate of drug-likeness (QED) is 0.817. The molecule has 0 radical (unpaired) electrons. The summed E-state index contributed by atoms with van der Waals surface area (Å²) in [5.74, 6) is 0. The molecule has 3 N–H and O–H groups in total. The van der Waals surface area contributed by atoms with Crippen LogP contribution in [0.4, 0.5) is 0 Å². The Labute approximate surface area is 88.0 Å². The zero-order valence-electron chi connectivity index (χ0n) is 7.35. The van der Waals surface area contributed by atoms with Gasteiger partial charge in [0.15, 0.2) is 0 Å². The third kappa shape index (κ3) is 2.85. The highest BCUT2D eigenvalue weighted by atomic mass is 35.5. The molecule has 2 nitrogen and oxygen atoms in total. The van der Waals surface area contributed by atoms with Gasteiger partial charge in [-0.3, -0.25) is 0 Å². The van der Waals surface area contributed by atoms with E-state index in [1.54, 1.807) is 6.07 Å². The molecule has 4 heteroatoms. The van der Waals surface area contributed by atoms with E-state index in [1.807, 2.05) is 19.2 Å². The van der Waals surface area contributed by atoms with Crippen molar-refractivity contribution in [1.29, 1.82) is 0 Å². The lowest BCUT2D eigenvalue weighted by atomic mass is 10.1. The van der Waals surface area contributed by atoms with E-state index in [9.17, 15) is 0 Å². The van der Waals surface area contributed by atoms with E-state index in [-0.39, 0.29) is 6.04 Å². The highest BCUT2D eigenvalue weighted by Crippen LogP contribution is 2.22. The van der Waals surface area contributed by atoms with Crippen molar-refractivity contribution in [3.63, 3.8) is 0 Å². The number of hydrogen-bond acceptors (Lipinski definition) is 2. The summed E-state index contributed by atoms with van der Waals surface area (Å²) in [6, 6.07) is 5.54. The summed E-state index contributed by atoms with van der Waals surface area (Å²) >= 11 is 11.7. The minimum Gasteiger partial charge on any atom is -0.329 e. The summed E-state index contributed by atoms with van der Waals surface area (Å²) in [5.41, 5.74) is 6.58. The monoisotopic (exact) mass is 218 g/mol. The fraction of sp³-hybridized carbons (Fsp3) is 0.333. The van der Waals surface area contributed by atoms with Gasteiger partial charge in [-0.25, -0.2) is 0 Å². The molecule has 0 fully saturated rings. The zero-order chi connectivity index (χ0) is 9.84. The van der Waals surface area contributed by atoms with Crippen molar-refractivity contribution in [3.05, 3.63) is 33.8 Å². The molecule has 0 aliphatic heterocycles. The fourth-order valence-corrected chi connectivity index (χ4v) is 1.74. The average Bonchev–Trinajstić information content (AvgIpc) is 2.04. The molecule has 0 spiro atoms. The summed E-state index contributed by atoms with van der Waals surface area (Å²) < 4.78 is 0. The van der Waals surface area contributed by atoms with E-state index >= 15 is 0 Å². The molecule has 13 heavy (non-hydrogen) atoms. The van der Waals surface area contributed by atoms with Crippen molar-refractivity contribution in [1.82, 2.24) is 5.32 Å². The van der Waals surface area contributed by atoms with Crippen LogP contribution < -0.4 is 11.1 Å². The molecule has 0 aliphatic rings. The van der Waals surface area contributed by atoms with Crippen LogP contribution in [-0.4, -0.2) is 13.6 Å². The minimum absolute atomic E-state index is 0.108. The van der Waals surface area contributed by atoms with Crippen LogP contribution in [0.1, 0.15) is 11.6 Å². The molecule has 1 aromatic carbocycles. The Morgan fingerprint density at radius 3 is 2.23 bits per heavy atom. The molecule has 72 valence electrons. The van der Waals surface area contributed by atoms with Gasteiger partial charge < -0.3 is 11.1 Å². The molecule has 1 aromatic rings. The van der Waals surface area contributed by atoms with Crippen LogP contribution in [0.5, 0.6) is 0 Å². The maximum absolute atomic E-state index is 5.86. The van der Waals surface area contributed by atoms with Crippen LogP contribution in [0.3, 0.4) is 0 Å². The zero-order valence-corrected chi connectivity index (χ0v) is 8.86. The number of rotatable bonds is 3. The van der Waals surface area contributed by atoms with Crippen molar-refractivity contribution in [2.75, 3.05) is 13.6 Å². The van der Waals surface area contributed by atoms with Gasteiger partial charge in [-0.05, 0) is 30.8 Å². The Bertz CT molecular complexity index is 265. The molecule has 0 unspecified atom stereocenters. The van der Waals surface area contributed by atoms with Crippen molar-refractivity contribution in [3.8, 4) is 0 Å². The Morgan fingerprint density at radius 1 is 1.31 bits per heavy atom. The first-order chi connectivity index (χ1) is 6.17. The first-order valence-corrected chi connectivity index (χ1v) is 4.76. The van der Waals surface area contributed by atoms with Crippen molar-refractivity contribution >= 4 is 23.2 Å². The number of benzene rings is 1. The first-order valence-electron chi connectivity index (χ1n) is 4.00. The summed E-state index contributed by atoms with van der Waals surface area (Å²) in [7, 11) is 1.85. The normalized spacial score (nSPS) is 12.9. The van der Waals surface area contributed by atoms with Crippen LogP contribution in [0.2, 0.25) is 10.0 Å². The maximum Gasteiger partial charge on any atom is 0.0443 e. The van der Waals surface area contributed by atoms with Crippen LogP contribution in [0, 0.1) is 0 Å². The van der Waals surface area contributed by atoms with Crippen LogP contribution in [0.25, 0.3) is 0 Å². The minimum atomic E-state index is 0.108. The second-order valence-corrected chi connectivity index (χ2v) is 3.65. The van der Waals surface area contributed by atoms with Gasteiger partial charge in [0.1, 0.15) is 0 Å². The third-order valence-corrected chi connectivity index (χ3v) is 2.31. The maximum atomic E-state index is 5.86. The Kier molecular flexibility index (Phi) is 4.00. The van der Waals surface area contributed by atoms with Crippen LogP contribution in [-0.2, 0) is 0 Å². The van der Waals surface area contributed by atoms with E-state index in [1.165, 1.54) is 0 Å². The van der Waals surface area contributed by atoms with Gasteiger partial charge in [-0.1, -0.05) is 23.2 Å². The largest absolute Gasteiger partial charge is 0.329 e. The lowest BCUT2D eigenvalue weighted by Crippen LogP contribution is -2.24. The van der Waals surface area contributed by atoms with Gasteiger partial charge in [-0.15, -0.1) is 0 Å². The number of halogens is 2. The molecule has 0 saturated heterocycles. The Hall–Kier alpha value is -0.280. The van der Waals surface area contributed by atoms with E-state index in [0.29, 0.717) is 16.6 Å². The summed E-state index contributed by atoms with van der Waals surface area (Å²) in [5, 5.41) is 4.35. The Morgan fingerprint density at radius 2 is 1.85 bits per heavy atom. The standard InChI is InChI=1S/C9H12Cl2N2/c1-13-9(5-12)6-2-7(10)4-8(11)3-6/h2-4,9,13H,5,12H2,1H3/t9-/m0/s1. The molecule has 0 aliphatic carbocycles. The highest BCUT2D eigenvalue weighted by Gasteiger charge is 2.07. The van der Waals surface area contributed by atoms with Crippen LogP contribution >= 0.6 is 23.2 Å². The SMILES string of the molecule is CN[C@@H](CN)c1cc(Cl)cc(Cl)c1.